The number of hydrogen-bond donors (Lipinski definition) is 2. The van der Waals surface area contributed by atoms with Gasteiger partial charge in [0, 0.05) is 20.0 Å². The van der Waals surface area contributed by atoms with Gasteiger partial charge in [0.15, 0.2) is 0 Å². The van der Waals surface area contributed by atoms with Crippen LogP contribution in [0.1, 0.15) is 22.3 Å². The molecule has 0 fully saturated rings. The first-order chi connectivity index (χ1) is 8.04. The maximum atomic E-state index is 13.3. The molecule has 0 radical (unpaired) electrons. The highest BCUT2D eigenvalue weighted by Gasteiger charge is 2.11. The molecule has 0 bridgehead atoms. The second-order valence-electron chi connectivity index (χ2n) is 3.66. The van der Waals surface area contributed by atoms with E-state index in [0.29, 0.717) is 0 Å². The van der Waals surface area contributed by atoms with Gasteiger partial charge in [-0.2, -0.15) is 0 Å². The van der Waals surface area contributed by atoms with Crippen LogP contribution in [0.3, 0.4) is 0 Å². The Labute approximate surface area is 99.2 Å². The molecule has 2 amide bonds. The summed E-state index contributed by atoms with van der Waals surface area (Å²) >= 11 is 0. The van der Waals surface area contributed by atoms with Gasteiger partial charge in [-0.25, -0.2) is 4.39 Å². The lowest BCUT2D eigenvalue weighted by Crippen LogP contribution is -2.29. The molecule has 4 nitrogen and oxygen atoms in total. The van der Waals surface area contributed by atoms with Crippen LogP contribution in [0.15, 0.2) is 18.2 Å². The Morgan fingerprint density at radius 1 is 1.35 bits per heavy atom. The molecule has 0 spiro atoms. The van der Waals surface area contributed by atoms with E-state index in [2.05, 4.69) is 10.6 Å². The zero-order valence-electron chi connectivity index (χ0n) is 9.84. The van der Waals surface area contributed by atoms with Crippen LogP contribution in [0.4, 0.5) is 4.39 Å². The topological polar surface area (TPSA) is 58.2 Å². The van der Waals surface area contributed by atoms with Crippen LogP contribution < -0.4 is 10.6 Å². The van der Waals surface area contributed by atoms with Crippen molar-refractivity contribution in [3.8, 4) is 0 Å². The van der Waals surface area contributed by atoms with Crippen LogP contribution in [0, 0.1) is 12.7 Å². The summed E-state index contributed by atoms with van der Waals surface area (Å²) in [5.41, 5.74) is 0.810. The van der Waals surface area contributed by atoms with E-state index >= 15 is 0 Å². The average molecular weight is 238 g/mol. The van der Waals surface area contributed by atoms with Crippen LogP contribution >= 0.6 is 0 Å². The minimum Gasteiger partial charge on any atom is -0.359 e. The Morgan fingerprint density at radius 3 is 2.71 bits per heavy atom. The number of aryl methyl sites for hydroxylation is 1. The van der Waals surface area contributed by atoms with Crippen molar-refractivity contribution in [3.63, 3.8) is 0 Å². The van der Waals surface area contributed by atoms with Crippen molar-refractivity contribution in [1.29, 1.82) is 0 Å². The molecule has 1 rings (SSSR count). The molecular weight excluding hydrogens is 223 g/mol. The molecule has 0 aliphatic heterocycles. The number of hydrogen-bond acceptors (Lipinski definition) is 2. The van der Waals surface area contributed by atoms with Gasteiger partial charge in [-0.1, -0.05) is 11.6 Å². The standard InChI is InChI=1S/C12H15FN2O2/c1-8-3-4-10(13)9(7-8)12(17)15-6-5-11(16)14-2/h3-4,7H,5-6H2,1-2H3,(H,14,16)(H,15,17). The maximum absolute atomic E-state index is 13.3. The van der Waals surface area contributed by atoms with E-state index in [0.717, 1.165) is 5.56 Å². The van der Waals surface area contributed by atoms with Gasteiger partial charge >= 0.3 is 0 Å². The maximum Gasteiger partial charge on any atom is 0.254 e. The summed E-state index contributed by atoms with van der Waals surface area (Å²) in [6.07, 6.45) is 0.176. The molecule has 0 unspecified atom stereocenters. The van der Waals surface area contributed by atoms with Crippen molar-refractivity contribution in [1.82, 2.24) is 10.6 Å². The zero-order chi connectivity index (χ0) is 12.8. The Balaban J connectivity index is 2.58. The first-order valence-corrected chi connectivity index (χ1v) is 5.29. The monoisotopic (exact) mass is 238 g/mol. The number of amides is 2. The molecule has 0 aromatic heterocycles. The van der Waals surface area contributed by atoms with E-state index in [1.807, 2.05) is 0 Å². The van der Waals surface area contributed by atoms with Gasteiger partial charge in [0.05, 0.1) is 5.56 Å². The molecule has 92 valence electrons. The lowest BCUT2D eigenvalue weighted by Gasteiger charge is -2.06. The molecule has 0 saturated heterocycles. The molecule has 17 heavy (non-hydrogen) atoms. The summed E-state index contributed by atoms with van der Waals surface area (Å²) in [7, 11) is 1.52. The number of rotatable bonds is 4. The molecule has 1 aromatic rings. The number of carbonyl (C=O) groups is 2. The largest absolute Gasteiger partial charge is 0.359 e. The third-order valence-electron chi connectivity index (χ3n) is 2.28. The van der Waals surface area contributed by atoms with Crippen LogP contribution in [-0.4, -0.2) is 25.4 Å². The molecule has 5 heteroatoms. The Morgan fingerprint density at radius 2 is 2.06 bits per heavy atom. The summed E-state index contributed by atoms with van der Waals surface area (Å²) in [6, 6.07) is 4.32. The zero-order valence-corrected chi connectivity index (χ0v) is 9.84. The van der Waals surface area contributed by atoms with Crippen molar-refractivity contribution in [3.05, 3.63) is 35.1 Å². The molecule has 0 aliphatic carbocycles. The van der Waals surface area contributed by atoms with E-state index < -0.39 is 11.7 Å². The third kappa shape index (κ3) is 3.86. The van der Waals surface area contributed by atoms with Crippen LogP contribution in [0.2, 0.25) is 0 Å². The van der Waals surface area contributed by atoms with Crippen molar-refractivity contribution in [2.24, 2.45) is 0 Å². The number of halogens is 1. The second-order valence-corrected chi connectivity index (χ2v) is 3.66. The summed E-state index contributed by atoms with van der Waals surface area (Å²) in [5.74, 6) is -1.24. The fourth-order valence-corrected chi connectivity index (χ4v) is 1.32. The smallest absolute Gasteiger partial charge is 0.254 e. The lowest BCUT2D eigenvalue weighted by atomic mass is 10.1. The molecule has 0 heterocycles. The summed E-state index contributed by atoms with van der Waals surface area (Å²) in [4.78, 5) is 22.5. The van der Waals surface area contributed by atoms with E-state index in [1.54, 1.807) is 13.0 Å². The minimum atomic E-state index is -0.562. The highest BCUT2D eigenvalue weighted by atomic mass is 19.1. The molecule has 2 N–H and O–H groups in total. The quantitative estimate of drug-likeness (QED) is 0.822. The highest BCUT2D eigenvalue weighted by Crippen LogP contribution is 2.09. The van der Waals surface area contributed by atoms with Crippen LogP contribution in [0.5, 0.6) is 0 Å². The lowest BCUT2D eigenvalue weighted by molar-refractivity contribution is -0.120. The summed E-state index contributed by atoms with van der Waals surface area (Å²) in [5, 5.41) is 4.93. The van der Waals surface area contributed by atoms with Gasteiger partial charge in [0.2, 0.25) is 5.91 Å². The van der Waals surface area contributed by atoms with Crippen molar-refractivity contribution < 1.29 is 14.0 Å². The molecule has 0 saturated carbocycles. The van der Waals surface area contributed by atoms with E-state index in [4.69, 9.17) is 0 Å². The minimum absolute atomic E-state index is 0.00177. The summed E-state index contributed by atoms with van der Waals surface area (Å²) < 4.78 is 13.3. The van der Waals surface area contributed by atoms with Gasteiger partial charge in [0.25, 0.3) is 5.91 Å². The Bertz CT molecular complexity index is 433. The second kappa shape index (κ2) is 5.98. The SMILES string of the molecule is CNC(=O)CCNC(=O)c1cc(C)ccc1F. The molecule has 1 aromatic carbocycles. The van der Waals surface area contributed by atoms with Gasteiger partial charge in [-0.3, -0.25) is 9.59 Å². The number of nitrogens with one attached hydrogen (secondary N) is 2. The third-order valence-corrected chi connectivity index (χ3v) is 2.28. The van der Waals surface area contributed by atoms with Gasteiger partial charge in [-0.05, 0) is 19.1 Å². The Hall–Kier alpha value is -1.91. The van der Waals surface area contributed by atoms with Crippen molar-refractivity contribution in [2.45, 2.75) is 13.3 Å². The van der Waals surface area contributed by atoms with Crippen LogP contribution in [0.25, 0.3) is 0 Å². The molecular formula is C12H15FN2O2. The summed E-state index contributed by atoms with van der Waals surface area (Å²) in [6.45, 7) is 1.96. The fourth-order valence-electron chi connectivity index (χ4n) is 1.32. The van der Waals surface area contributed by atoms with Crippen molar-refractivity contribution in [2.75, 3.05) is 13.6 Å². The number of carbonyl (C=O) groups excluding carboxylic acids is 2. The number of benzene rings is 1. The predicted molar refractivity (Wildman–Crippen MR) is 62.2 cm³/mol. The molecule has 0 atom stereocenters. The first-order valence-electron chi connectivity index (χ1n) is 5.29. The van der Waals surface area contributed by atoms with Gasteiger partial charge < -0.3 is 10.6 Å². The molecule has 0 aliphatic rings. The Kier molecular flexibility index (Phi) is 4.63. The highest BCUT2D eigenvalue weighted by molar-refractivity contribution is 5.94. The van der Waals surface area contributed by atoms with Crippen molar-refractivity contribution >= 4 is 11.8 Å². The van der Waals surface area contributed by atoms with Crippen LogP contribution in [-0.2, 0) is 4.79 Å². The van der Waals surface area contributed by atoms with E-state index in [1.165, 1.54) is 19.2 Å². The van der Waals surface area contributed by atoms with E-state index in [9.17, 15) is 14.0 Å². The predicted octanol–water partition coefficient (Wildman–Crippen LogP) is 1.00. The fraction of sp³-hybridized carbons (Fsp3) is 0.333. The first kappa shape index (κ1) is 13.2. The normalized spacial score (nSPS) is 9.82. The van der Waals surface area contributed by atoms with E-state index in [-0.39, 0.29) is 24.4 Å². The van der Waals surface area contributed by atoms with Gasteiger partial charge in [-0.15, -0.1) is 0 Å². The average Bonchev–Trinajstić information content (AvgIpc) is 2.31. The van der Waals surface area contributed by atoms with Gasteiger partial charge in [0.1, 0.15) is 5.82 Å².